The predicted molar refractivity (Wildman–Crippen MR) is 94.0 cm³/mol. The third kappa shape index (κ3) is 2.89. The first-order valence-electron chi connectivity index (χ1n) is 6.42. The van der Waals surface area contributed by atoms with Gasteiger partial charge in [-0.3, -0.25) is 5.10 Å². The van der Waals surface area contributed by atoms with Gasteiger partial charge in [0.15, 0.2) is 5.82 Å². The van der Waals surface area contributed by atoms with Crippen molar-refractivity contribution in [2.45, 2.75) is 6.92 Å². The number of nitrogens with one attached hydrogen (secondary N) is 1. The summed E-state index contributed by atoms with van der Waals surface area (Å²) >= 11 is 6.98. The van der Waals surface area contributed by atoms with Crippen molar-refractivity contribution in [1.82, 2.24) is 10.2 Å². The molecule has 0 fully saturated rings. The molecule has 0 aliphatic rings. The molecule has 0 spiro atoms. The number of H-pyrrole nitrogens is 1. The van der Waals surface area contributed by atoms with Gasteiger partial charge in [0.2, 0.25) is 0 Å². The normalized spacial score (nSPS) is 10.8. The molecule has 3 rings (SSSR count). The summed E-state index contributed by atoms with van der Waals surface area (Å²) in [5.74, 6) is 0.505. The Morgan fingerprint density at radius 3 is 2.33 bits per heavy atom. The summed E-state index contributed by atoms with van der Waals surface area (Å²) in [5.41, 5.74) is 11.2. The van der Waals surface area contributed by atoms with Crippen LogP contribution in [0.5, 0.6) is 0 Å². The van der Waals surface area contributed by atoms with Crippen molar-refractivity contribution >= 4 is 37.7 Å². The van der Waals surface area contributed by atoms with Gasteiger partial charge < -0.3 is 5.73 Å². The molecule has 2 aromatic carbocycles. The zero-order valence-corrected chi connectivity index (χ0v) is 14.5. The van der Waals surface area contributed by atoms with Gasteiger partial charge in [-0.25, -0.2) is 0 Å². The van der Waals surface area contributed by atoms with Crippen molar-refractivity contribution in [2.75, 3.05) is 5.73 Å². The van der Waals surface area contributed by atoms with E-state index in [1.807, 2.05) is 24.3 Å². The van der Waals surface area contributed by atoms with Gasteiger partial charge >= 0.3 is 0 Å². The van der Waals surface area contributed by atoms with Crippen LogP contribution in [0, 0.1) is 6.92 Å². The molecule has 0 unspecified atom stereocenters. The second kappa shape index (κ2) is 5.66. The maximum Gasteiger partial charge on any atom is 0.153 e. The van der Waals surface area contributed by atoms with Crippen molar-refractivity contribution in [2.24, 2.45) is 0 Å². The lowest BCUT2D eigenvalue weighted by Crippen LogP contribution is -1.89. The molecule has 106 valence electrons. The largest absolute Gasteiger partial charge is 0.382 e. The molecular formula is C16H13Br2N3. The Morgan fingerprint density at radius 2 is 1.67 bits per heavy atom. The number of rotatable bonds is 2. The number of aromatic amines is 1. The van der Waals surface area contributed by atoms with E-state index in [2.05, 4.69) is 67.2 Å². The summed E-state index contributed by atoms with van der Waals surface area (Å²) in [7, 11) is 0. The van der Waals surface area contributed by atoms with E-state index in [1.54, 1.807) is 0 Å². The van der Waals surface area contributed by atoms with E-state index in [-0.39, 0.29) is 0 Å². The van der Waals surface area contributed by atoms with E-state index in [4.69, 9.17) is 5.73 Å². The Balaban J connectivity index is 2.19. The molecule has 3 N–H and O–H groups in total. The van der Waals surface area contributed by atoms with Crippen LogP contribution < -0.4 is 5.73 Å². The standard InChI is InChI=1S/C16H13Br2N3/c1-9-6-11(8-13(18)7-9)15-14(16(19)21-20-15)10-2-4-12(17)5-3-10/h2-8H,1H3,(H3,19,20,21). The average molecular weight is 407 g/mol. The zero-order valence-electron chi connectivity index (χ0n) is 11.3. The van der Waals surface area contributed by atoms with Crippen molar-refractivity contribution in [3.63, 3.8) is 0 Å². The number of benzene rings is 2. The van der Waals surface area contributed by atoms with Crippen molar-refractivity contribution < 1.29 is 0 Å². The third-order valence-corrected chi connectivity index (χ3v) is 4.24. The second-order valence-electron chi connectivity index (χ2n) is 4.88. The Bertz CT molecular complexity index is 772. The molecule has 3 nitrogen and oxygen atoms in total. The summed E-state index contributed by atoms with van der Waals surface area (Å²) in [6.45, 7) is 2.06. The van der Waals surface area contributed by atoms with Gasteiger partial charge in [-0.1, -0.05) is 44.0 Å². The van der Waals surface area contributed by atoms with Gasteiger partial charge in [-0.05, 0) is 48.4 Å². The zero-order chi connectivity index (χ0) is 15.0. The SMILES string of the molecule is Cc1cc(Br)cc(-c2[nH]nc(N)c2-c2ccc(Br)cc2)c1. The van der Waals surface area contributed by atoms with Crippen LogP contribution in [-0.2, 0) is 0 Å². The number of aromatic nitrogens is 2. The lowest BCUT2D eigenvalue weighted by atomic mass is 10.00. The number of nitrogens with zero attached hydrogens (tertiary/aromatic N) is 1. The summed E-state index contributed by atoms with van der Waals surface area (Å²) in [6, 6.07) is 14.3. The maximum absolute atomic E-state index is 6.06. The smallest absolute Gasteiger partial charge is 0.153 e. The molecule has 0 saturated heterocycles. The minimum Gasteiger partial charge on any atom is -0.382 e. The van der Waals surface area contributed by atoms with E-state index in [0.29, 0.717) is 5.82 Å². The summed E-state index contributed by atoms with van der Waals surface area (Å²) in [4.78, 5) is 0. The van der Waals surface area contributed by atoms with Gasteiger partial charge in [-0.15, -0.1) is 0 Å². The maximum atomic E-state index is 6.06. The van der Waals surface area contributed by atoms with E-state index in [9.17, 15) is 0 Å². The number of nitrogen functional groups attached to an aromatic ring is 1. The molecule has 0 aliphatic carbocycles. The van der Waals surface area contributed by atoms with Crippen LogP contribution in [0.4, 0.5) is 5.82 Å². The minimum atomic E-state index is 0.505. The topological polar surface area (TPSA) is 54.7 Å². The number of hydrogen-bond donors (Lipinski definition) is 2. The molecule has 21 heavy (non-hydrogen) atoms. The molecule has 5 heteroatoms. The summed E-state index contributed by atoms with van der Waals surface area (Å²) < 4.78 is 2.07. The Kier molecular flexibility index (Phi) is 3.87. The number of aryl methyl sites for hydroxylation is 1. The molecule has 1 heterocycles. The highest BCUT2D eigenvalue weighted by atomic mass is 79.9. The van der Waals surface area contributed by atoms with Gasteiger partial charge in [0.1, 0.15) is 0 Å². The van der Waals surface area contributed by atoms with Gasteiger partial charge in [0.05, 0.1) is 11.3 Å². The average Bonchev–Trinajstić information content (AvgIpc) is 2.80. The highest BCUT2D eigenvalue weighted by Gasteiger charge is 2.15. The fourth-order valence-corrected chi connectivity index (χ4v) is 3.23. The monoisotopic (exact) mass is 405 g/mol. The number of nitrogens with two attached hydrogens (primary N) is 1. The number of anilines is 1. The first-order chi connectivity index (χ1) is 10.0. The first kappa shape index (κ1) is 14.4. The summed E-state index contributed by atoms with van der Waals surface area (Å²) in [5, 5.41) is 7.23. The number of hydrogen-bond acceptors (Lipinski definition) is 2. The number of halogens is 2. The van der Waals surface area contributed by atoms with Crippen molar-refractivity contribution in [3.8, 4) is 22.4 Å². The van der Waals surface area contributed by atoms with Crippen LogP contribution in [0.2, 0.25) is 0 Å². The summed E-state index contributed by atoms with van der Waals surface area (Å²) in [6.07, 6.45) is 0. The van der Waals surface area contributed by atoms with Crippen LogP contribution in [0.1, 0.15) is 5.56 Å². The van der Waals surface area contributed by atoms with Gasteiger partial charge in [-0.2, -0.15) is 5.10 Å². The fourth-order valence-electron chi connectivity index (χ4n) is 2.35. The van der Waals surface area contributed by atoms with E-state index in [1.165, 1.54) is 5.56 Å². The molecule has 0 atom stereocenters. The van der Waals surface area contributed by atoms with E-state index in [0.717, 1.165) is 31.3 Å². The molecule has 0 saturated carbocycles. The van der Waals surface area contributed by atoms with Crippen LogP contribution in [0.15, 0.2) is 51.4 Å². The quantitative estimate of drug-likeness (QED) is 0.617. The minimum absolute atomic E-state index is 0.505. The van der Waals surface area contributed by atoms with Crippen molar-refractivity contribution in [1.29, 1.82) is 0 Å². The van der Waals surface area contributed by atoms with E-state index < -0.39 is 0 Å². The molecule has 0 aliphatic heterocycles. The first-order valence-corrected chi connectivity index (χ1v) is 8.00. The Labute approximate surface area is 139 Å². The molecular weight excluding hydrogens is 394 g/mol. The van der Waals surface area contributed by atoms with Crippen LogP contribution in [0.25, 0.3) is 22.4 Å². The lowest BCUT2D eigenvalue weighted by molar-refractivity contribution is 1.10. The Morgan fingerprint density at radius 1 is 0.952 bits per heavy atom. The molecule has 1 aromatic heterocycles. The van der Waals surface area contributed by atoms with Gasteiger partial charge in [0, 0.05) is 14.5 Å². The van der Waals surface area contributed by atoms with Gasteiger partial charge in [0.25, 0.3) is 0 Å². The molecule has 0 radical (unpaired) electrons. The highest BCUT2D eigenvalue weighted by molar-refractivity contribution is 9.10. The lowest BCUT2D eigenvalue weighted by Gasteiger charge is -2.07. The molecule has 0 bridgehead atoms. The van der Waals surface area contributed by atoms with Crippen LogP contribution in [0.3, 0.4) is 0 Å². The Hall–Kier alpha value is -1.59. The van der Waals surface area contributed by atoms with Crippen LogP contribution in [-0.4, -0.2) is 10.2 Å². The van der Waals surface area contributed by atoms with E-state index >= 15 is 0 Å². The third-order valence-electron chi connectivity index (χ3n) is 3.26. The van der Waals surface area contributed by atoms with Crippen LogP contribution >= 0.6 is 31.9 Å². The van der Waals surface area contributed by atoms with Crippen molar-refractivity contribution in [3.05, 3.63) is 57.0 Å². The predicted octanol–water partition coefficient (Wildman–Crippen LogP) is 5.16. The molecule has 3 aromatic rings. The fraction of sp³-hybridized carbons (Fsp3) is 0.0625. The highest BCUT2D eigenvalue weighted by Crippen LogP contribution is 2.36. The second-order valence-corrected chi connectivity index (χ2v) is 6.71. The molecule has 0 amide bonds.